The summed E-state index contributed by atoms with van der Waals surface area (Å²) in [4.78, 5) is 12.4. The number of aromatic hydroxyl groups is 1. The highest BCUT2D eigenvalue weighted by Gasteiger charge is 2.11. The first-order valence-corrected chi connectivity index (χ1v) is 7.62. The Hall–Kier alpha value is -3.54. The number of methoxy groups -OCH3 is 1. The largest absolute Gasteiger partial charge is 0.504 e. The van der Waals surface area contributed by atoms with E-state index >= 15 is 0 Å². The predicted molar refractivity (Wildman–Crippen MR) is 95.5 cm³/mol. The van der Waals surface area contributed by atoms with Crippen molar-refractivity contribution in [1.29, 1.82) is 0 Å². The summed E-state index contributed by atoms with van der Waals surface area (Å²) in [5, 5.41) is 13.6. The molecule has 0 saturated carbocycles. The van der Waals surface area contributed by atoms with E-state index in [1.807, 2.05) is 41.2 Å². The fourth-order valence-corrected chi connectivity index (χ4v) is 2.39. The van der Waals surface area contributed by atoms with Gasteiger partial charge in [-0.25, -0.2) is 5.43 Å². The molecule has 1 aromatic heterocycles. The predicted octanol–water partition coefficient (Wildman–Crippen LogP) is 2.96. The summed E-state index contributed by atoms with van der Waals surface area (Å²) >= 11 is 0. The van der Waals surface area contributed by atoms with E-state index in [9.17, 15) is 9.90 Å². The minimum absolute atomic E-state index is 0.0457. The second kappa shape index (κ2) is 7.35. The van der Waals surface area contributed by atoms with Crippen LogP contribution in [0.1, 0.15) is 15.9 Å². The number of carbonyl (C=O) groups is 1. The van der Waals surface area contributed by atoms with Crippen LogP contribution in [0.3, 0.4) is 0 Å². The number of amides is 1. The van der Waals surface area contributed by atoms with Crippen LogP contribution in [0.4, 0.5) is 0 Å². The molecule has 25 heavy (non-hydrogen) atoms. The van der Waals surface area contributed by atoms with Gasteiger partial charge in [-0.3, -0.25) is 4.79 Å². The molecular weight excluding hydrogens is 318 g/mol. The first-order chi connectivity index (χ1) is 12.2. The van der Waals surface area contributed by atoms with Gasteiger partial charge in [0.15, 0.2) is 11.5 Å². The molecule has 3 aromatic rings. The van der Waals surface area contributed by atoms with Gasteiger partial charge in [-0.2, -0.15) is 5.10 Å². The Kier molecular flexibility index (Phi) is 4.80. The maximum Gasteiger partial charge on any atom is 0.273 e. The van der Waals surface area contributed by atoms with Gasteiger partial charge < -0.3 is 14.4 Å². The molecule has 3 rings (SSSR count). The number of nitrogens with zero attached hydrogens (tertiary/aromatic N) is 2. The summed E-state index contributed by atoms with van der Waals surface area (Å²) in [6.07, 6.45) is 5.23. The fraction of sp³-hybridized carbons (Fsp3) is 0.0526. The number of hydrogen-bond acceptors (Lipinski definition) is 4. The normalized spacial score (nSPS) is 10.8. The number of aromatic nitrogens is 1. The fourth-order valence-electron chi connectivity index (χ4n) is 2.39. The summed E-state index contributed by atoms with van der Waals surface area (Å²) in [7, 11) is 1.47. The molecule has 0 fully saturated rings. The van der Waals surface area contributed by atoms with Crippen LogP contribution >= 0.6 is 0 Å². The number of para-hydroxylation sites is 1. The Morgan fingerprint density at radius 3 is 2.68 bits per heavy atom. The van der Waals surface area contributed by atoms with Crippen LogP contribution in [0.5, 0.6) is 11.5 Å². The van der Waals surface area contributed by atoms with Crippen molar-refractivity contribution in [3.63, 3.8) is 0 Å². The van der Waals surface area contributed by atoms with Crippen LogP contribution in [-0.4, -0.2) is 28.9 Å². The molecule has 2 N–H and O–H groups in total. The molecule has 0 saturated heterocycles. The highest BCUT2D eigenvalue weighted by molar-refractivity contribution is 5.98. The number of phenols is 1. The highest BCUT2D eigenvalue weighted by Crippen LogP contribution is 2.25. The molecule has 0 unspecified atom stereocenters. The van der Waals surface area contributed by atoms with Crippen molar-refractivity contribution in [3.8, 4) is 17.2 Å². The molecule has 0 aliphatic rings. The molecule has 2 aromatic carbocycles. The molecule has 0 radical (unpaired) electrons. The zero-order valence-electron chi connectivity index (χ0n) is 13.6. The number of ether oxygens (including phenoxy) is 1. The first-order valence-electron chi connectivity index (χ1n) is 7.62. The summed E-state index contributed by atoms with van der Waals surface area (Å²) in [5.41, 5.74) is 4.49. The molecule has 1 amide bonds. The SMILES string of the molecule is COc1cc(/C=N/NC(=O)c2ccccc2-n2cccc2)ccc1O. The first kappa shape index (κ1) is 16.3. The average molecular weight is 335 g/mol. The van der Waals surface area contributed by atoms with Gasteiger partial charge in [-0.15, -0.1) is 0 Å². The van der Waals surface area contributed by atoms with Crippen molar-refractivity contribution in [1.82, 2.24) is 9.99 Å². The van der Waals surface area contributed by atoms with Gasteiger partial charge in [0.2, 0.25) is 0 Å². The van der Waals surface area contributed by atoms with Gasteiger partial charge in [-0.05, 0) is 48.0 Å². The van der Waals surface area contributed by atoms with E-state index in [0.29, 0.717) is 16.9 Å². The smallest absolute Gasteiger partial charge is 0.273 e. The number of phenolic OH excluding ortho intramolecular Hbond substituents is 1. The van der Waals surface area contributed by atoms with E-state index in [-0.39, 0.29) is 11.7 Å². The van der Waals surface area contributed by atoms with Crippen LogP contribution in [0.2, 0.25) is 0 Å². The number of hydrazone groups is 1. The van der Waals surface area contributed by atoms with Crippen molar-refractivity contribution in [3.05, 3.63) is 78.1 Å². The summed E-state index contributed by atoms with van der Waals surface area (Å²) < 4.78 is 6.90. The van der Waals surface area contributed by atoms with E-state index in [0.717, 1.165) is 5.69 Å². The Morgan fingerprint density at radius 2 is 1.92 bits per heavy atom. The number of carbonyl (C=O) groups excluding carboxylic acids is 1. The molecule has 0 atom stereocenters. The monoisotopic (exact) mass is 335 g/mol. The summed E-state index contributed by atoms with van der Waals surface area (Å²) in [5.74, 6) is 0.0730. The Labute approximate surface area is 145 Å². The zero-order valence-corrected chi connectivity index (χ0v) is 13.6. The number of hydrogen-bond donors (Lipinski definition) is 2. The molecule has 126 valence electrons. The van der Waals surface area contributed by atoms with Crippen molar-refractivity contribution >= 4 is 12.1 Å². The Morgan fingerprint density at radius 1 is 1.16 bits per heavy atom. The van der Waals surface area contributed by atoms with Crippen LogP contribution < -0.4 is 10.2 Å². The van der Waals surface area contributed by atoms with E-state index in [2.05, 4.69) is 10.5 Å². The Bertz CT molecular complexity index is 902. The van der Waals surface area contributed by atoms with E-state index in [1.165, 1.54) is 19.4 Å². The average Bonchev–Trinajstić information content (AvgIpc) is 3.17. The zero-order chi connectivity index (χ0) is 17.6. The molecule has 6 nitrogen and oxygen atoms in total. The molecule has 0 bridgehead atoms. The number of nitrogens with one attached hydrogen (secondary N) is 1. The van der Waals surface area contributed by atoms with Crippen molar-refractivity contribution in [2.75, 3.05) is 7.11 Å². The lowest BCUT2D eigenvalue weighted by molar-refractivity contribution is 0.0955. The quantitative estimate of drug-likeness (QED) is 0.556. The van der Waals surface area contributed by atoms with Gasteiger partial charge in [0, 0.05) is 12.4 Å². The summed E-state index contributed by atoms with van der Waals surface area (Å²) in [6, 6.07) is 15.9. The third-order valence-corrected chi connectivity index (χ3v) is 3.61. The lowest BCUT2D eigenvalue weighted by atomic mass is 10.1. The van der Waals surface area contributed by atoms with Crippen molar-refractivity contribution in [2.24, 2.45) is 5.10 Å². The molecule has 0 aliphatic heterocycles. The summed E-state index contributed by atoms with van der Waals surface area (Å²) in [6.45, 7) is 0. The van der Waals surface area contributed by atoms with Gasteiger partial charge in [0.25, 0.3) is 5.91 Å². The van der Waals surface area contributed by atoms with Crippen LogP contribution in [0.15, 0.2) is 72.1 Å². The van der Waals surface area contributed by atoms with Crippen LogP contribution in [-0.2, 0) is 0 Å². The van der Waals surface area contributed by atoms with Crippen LogP contribution in [0, 0.1) is 0 Å². The maximum absolute atomic E-state index is 12.4. The third-order valence-electron chi connectivity index (χ3n) is 3.61. The lowest BCUT2D eigenvalue weighted by Gasteiger charge is -2.09. The van der Waals surface area contributed by atoms with Crippen molar-refractivity contribution < 1.29 is 14.6 Å². The van der Waals surface area contributed by atoms with E-state index in [1.54, 1.807) is 24.3 Å². The minimum atomic E-state index is -0.314. The second-order valence-electron chi connectivity index (χ2n) is 5.24. The van der Waals surface area contributed by atoms with Gasteiger partial charge in [0.05, 0.1) is 24.6 Å². The third kappa shape index (κ3) is 3.69. The molecule has 0 spiro atoms. The molecule has 0 aliphatic carbocycles. The topological polar surface area (TPSA) is 75.8 Å². The molecule has 1 heterocycles. The van der Waals surface area contributed by atoms with E-state index < -0.39 is 0 Å². The van der Waals surface area contributed by atoms with Gasteiger partial charge in [-0.1, -0.05) is 12.1 Å². The maximum atomic E-state index is 12.4. The van der Waals surface area contributed by atoms with Gasteiger partial charge >= 0.3 is 0 Å². The molecule has 6 heteroatoms. The minimum Gasteiger partial charge on any atom is -0.504 e. The number of benzene rings is 2. The highest BCUT2D eigenvalue weighted by atomic mass is 16.5. The lowest BCUT2D eigenvalue weighted by Crippen LogP contribution is -2.19. The van der Waals surface area contributed by atoms with Crippen molar-refractivity contribution in [2.45, 2.75) is 0 Å². The second-order valence-corrected chi connectivity index (χ2v) is 5.24. The van der Waals surface area contributed by atoms with Crippen LogP contribution in [0.25, 0.3) is 5.69 Å². The van der Waals surface area contributed by atoms with Gasteiger partial charge in [0.1, 0.15) is 0 Å². The Balaban J connectivity index is 1.75. The standard InChI is InChI=1S/C19H17N3O3/c1-25-18-12-14(8-9-17(18)23)13-20-21-19(24)15-6-2-3-7-16(15)22-10-4-5-11-22/h2-13,23H,1H3,(H,21,24)/b20-13+. The number of rotatable bonds is 5. The van der Waals surface area contributed by atoms with E-state index in [4.69, 9.17) is 4.74 Å². The molecular formula is C19H17N3O3.